The van der Waals surface area contributed by atoms with E-state index in [0.717, 1.165) is 44.9 Å². The lowest BCUT2D eigenvalue weighted by atomic mass is 9.99. The third-order valence-corrected chi connectivity index (χ3v) is 13.0. The van der Waals surface area contributed by atoms with Crippen molar-refractivity contribution in [2.75, 3.05) is 6.61 Å². The Morgan fingerprint density at radius 3 is 0.983 bits per heavy atom. The number of amides is 1. The van der Waals surface area contributed by atoms with E-state index < -0.39 is 36.9 Å². The molecule has 6 heteroatoms. The van der Waals surface area contributed by atoms with E-state index in [1.807, 2.05) is 0 Å². The number of hydrogen-bond donors (Lipinski definition) is 5. The second-order valence-electron chi connectivity index (χ2n) is 18.9. The minimum Gasteiger partial charge on any atom is -0.394 e. The van der Waals surface area contributed by atoms with E-state index >= 15 is 0 Å². The standard InChI is InChI=1S/C54H107NO5/c1-3-5-7-9-11-13-15-17-18-19-20-21-22-23-24-25-26-27-28-29-30-31-32-33-34-35-36-38-39-41-43-45-47-51(57)53(59)50(49-56)55-54(60)52(58)48-46-44-42-40-37-16-14-12-10-8-6-4-2/h37,40,50-53,56-59H,3-36,38-39,41-49H2,1-2H3,(H,55,60)/b40-37-. The van der Waals surface area contributed by atoms with E-state index in [4.69, 9.17) is 0 Å². The van der Waals surface area contributed by atoms with Gasteiger partial charge >= 0.3 is 0 Å². The average Bonchev–Trinajstić information content (AvgIpc) is 3.25. The number of aliphatic hydroxyl groups is 4. The first-order chi connectivity index (χ1) is 29.5. The van der Waals surface area contributed by atoms with Crippen molar-refractivity contribution in [3.63, 3.8) is 0 Å². The van der Waals surface area contributed by atoms with Crippen molar-refractivity contribution in [3.05, 3.63) is 12.2 Å². The summed E-state index contributed by atoms with van der Waals surface area (Å²) >= 11 is 0. The zero-order valence-electron chi connectivity index (χ0n) is 40.5. The van der Waals surface area contributed by atoms with E-state index in [1.165, 1.54) is 225 Å². The highest BCUT2D eigenvalue weighted by molar-refractivity contribution is 5.80. The first-order valence-corrected chi connectivity index (χ1v) is 27.1. The summed E-state index contributed by atoms with van der Waals surface area (Å²) in [5, 5.41) is 43.8. The summed E-state index contributed by atoms with van der Waals surface area (Å²) < 4.78 is 0. The monoisotopic (exact) mass is 850 g/mol. The first-order valence-electron chi connectivity index (χ1n) is 27.1. The van der Waals surface area contributed by atoms with Crippen LogP contribution in [-0.2, 0) is 4.79 Å². The molecule has 6 nitrogen and oxygen atoms in total. The topological polar surface area (TPSA) is 110 Å². The Morgan fingerprint density at radius 2 is 0.667 bits per heavy atom. The molecule has 0 spiro atoms. The molecule has 0 bridgehead atoms. The highest BCUT2D eigenvalue weighted by Crippen LogP contribution is 2.18. The van der Waals surface area contributed by atoms with E-state index in [9.17, 15) is 25.2 Å². The van der Waals surface area contributed by atoms with Gasteiger partial charge in [-0.25, -0.2) is 0 Å². The molecule has 0 aliphatic rings. The molecule has 0 aromatic carbocycles. The zero-order chi connectivity index (χ0) is 43.8. The summed E-state index contributed by atoms with van der Waals surface area (Å²) in [6.45, 7) is 4.05. The third kappa shape index (κ3) is 42.4. The van der Waals surface area contributed by atoms with Crippen LogP contribution in [0, 0.1) is 0 Å². The molecule has 0 saturated carbocycles. The van der Waals surface area contributed by atoms with E-state index in [-0.39, 0.29) is 0 Å². The van der Waals surface area contributed by atoms with Crippen molar-refractivity contribution in [2.24, 2.45) is 0 Å². The smallest absolute Gasteiger partial charge is 0.249 e. The summed E-state index contributed by atoms with van der Waals surface area (Å²) in [4.78, 5) is 12.5. The molecular formula is C54H107NO5. The second kappa shape index (κ2) is 49.1. The van der Waals surface area contributed by atoms with Crippen LogP contribution in [0.3, 0.4) is 0 Å². The van der Waals surface area contributed by atoms with Gasteiger partial charge < -0.3 is 25.7 Å². The lowest BCUT2D eigenvalue weighted by Gasteiger charge is -2.27. The molecule has 0 aromatic heterocycles. The number of hydrogen-bond acceptors (Lipinski definition) is 5. The molecule has 4 atom stereocenters. The summed E-state index contributed by atoms with van der Waals surface area (Å²) in [5.41, 5.74) is 0. The number of unbranched alkanes of at least 4 members (excludes halogenated alkanes) is 39. The Balaban J connectivity index is 3.53. The predicted octanol–water partition coefficient (Wildman–Crippen LogP) is 15.3. The SMILES string of the molecule is CCCCCCCC/C=C\CCCCC(O)C(=O)NC(CO)C(O)C(O)CCCCCCCCCCCCCCCCCCCCCCCCCCCCCCCCCC. The third-order valence-electron chi connectivity index (χ3n) is 13.0. The van der Waals surface area contributed by atoms with Crippen molar-refractivity contribution in [1.82, 2.24) is 5.32 Å². The van der Waals surface area contributed by atoms with E-state index in [0.29, 0.717) is 12.8 Å². The van der Waals surface area contributed by atoms with Crippen LogP contribution >= 0.6 is 0 Å². The molecule has 0 aliphatic carbocycles. The summed E-state index contributed by atoms with van der Waals surface area (Å²) in [6.07, 6.45) is 57.3. The first kappa shape index (κ1) is 59.0. The fourth-order valence-corrected chi connectivity index (χ4v) is 8.70. The van der Waals surface area contributed by atoms with Gasteiger partial charge in [0.15, 0.2) is 0 Å². The van der Waals surface area contributed by atoms with Crippen LogP contribution in [-0.4, -0.2) is 57.3 Å². The molecule has 0 rings (SSSR count). The van der Waals surface area contributed by atoms with E-state index in [1.54, 1.807) is 0 Å². The summed E-state index contributed by atoms with van der Waals surface area (Å²) in [6, 6.07) is -0.990. The van der Waals surface area contributed by atoms with Gasteiger partial charge in [-0.3, -0.25) is 4.79 Å². The molecule has 0 radical (unpaired) electrons. The molecule has 0 fully saturated rings. The van der Waals surface area contributed by atoms with Crippen LogP contribution in [0.1, 0.15) is 296 Å². The number of carbonyl (C=O) groups is 1. The molecule has 4 unspecified atom stereocenters. The summed E-state index contributed by atoms with van der Waals surface area (Å²) in [5.74, 6) is -0.597. The van der Waals surface area contributed by atoms with Crippen molar-refractivity contribution in [3.8, 4) is 0 Å². The van der Waals surface area contributed by atoms with Crippen LogP contribution in [0.5, 0.6) is 0 Å². The molecule has 5 N–H and O–H groups in total. The largest absolute Gasteiger partial charge is 0.394 e. The fraction of sp³-hybridized carbons (Fsp3) is 0.944. The summed E-state index contributed by atoms with van der Waals surface area (Å²) in [7, 11) is 0. The van der Waals surface area contributed by atoms with E-state index in [2.05, 4.69) is 31.3 Å². The van der Waals surface area contributed by atoms with Crippen molar-refractivity contribution in [2.45, 2.75) is 321 Å². The quantitative estimate of drug-likeness (QED) is 0.0309. The number of carbonyl (C=O) groups excluding carboxylic acids is 1. The molecule has 60 heavy (non-hydrogen) atoms. The van der Waals surface area contributed by atoms with Crippen molar-refractivity contribution < 1.29 is 25.2 Å². The zero-order valence-corrected chi connectivity index (χ0v) is 40.5. The van der Waals surface area contributed by atoms with Gasteiger partial charge in [0.1, 0.15) is 12.2 Å². The second-order valence-corrected chi connectivity index (χ2v) is 18.9. The highest BCUT2D eigenvalue weighted by atomic mass is 16.3. The maximum Gasteiger partial charge on any atom is 0.249 e. The van der Waals surface area contributed by atoms with Crippen LogP contribution in [0.25, 0.3) is 0 Å². The number of rotatable bonds is 50. The maximum atomic E-state index is 12.5. The number of allylic oxidation sites excluding steroid dienone is 2. The Hall–Kier alpha value is -0.950. The van der Waals surface area contributed by atoms with Crippen LogP contribution < -0.4 is 5.32 Å². The number of nitrogens with one attached hydrogen (secondary N) is 1. The Labute approximate surface area is 374 Å². The maximum absolute atomic E-state index is 12.5. The highest BCUT2D eigenvalue weighted by Gasteiger charge is 2.28. The van der Waals surface area contributed by atoms with Crippen LogP contribution in [0.2, 0.25) is 0 Å². The minimum absolute atomic E-state index is 0.341. The molecule has 1 amide bonds. The molecule has 0 saturated heterocycles. The molecule has 0 heterocycles. The van der Waals surface area contributed by atoms with Gasteiger partial charge in [-0.1, -0.05) is 270 Å². The van der Waals surface area contributed by atoms with Gasteiger partial charge in [-0.2, -0.15) is 0 Å². The van der Waals surface area contributed by atoms with Crippen LogP contribution in [0.15, 0.2) is 12.2 Å². The Morgan fingerprint density at radius 1 is 0.400 bits per heavy atom. The molecule has 0 aromatic rings. The van der Waals surface area contributed by atoms with Crippen molar-refractivity contribution in [1.29, 1.82) is 0 Å². The Kier molecular flexibility index (Phi) is 48.3. The normalized spacial score (nSPS) is 13.9. The average molecular weight is 850 g/mol. The minimum atomic E-state index is -1.26. The molecular weight excluding hydrogens is 743 g/mol. The lowest BCUT2D eigenvalue weighted by molar-refractivity contribution is -0.132. The number of aliphatic hydroxyl groups excluding tert-OH is 4. The molecule has 358 valence electrons. The van der Waals surface area contributed by atoms with Gasteiger partial charge in [0, 0.05) is 0 Å². The lowest BCUT2D eigenvalue weighted by Crippen LogP contribution is -2.53. The molecule has 0 aliphatic heterocycles. The van der Waals surface area contributed by atoms with Gasteiger partial charge in [0.05, 0.1) is 18.8 Å². The van der Waals surface area contributed by atoms with Gasteiger partial charge in [0.2, 0.25) is 5.91 Å². The van der Waals surface area contributed by atoms with Crippen LogP contribution in [0.4, 0.5) is 0 Å². The van der Waals surface area contributed by atoms with Crippen molar-refractivity contribution >= 4 is 5.91 Å². The van der Waals surface area contributed by atoms with Gasteiger partial charge in [0.25, 0.3) is 0 Å². The van der Waals surface area contributed by atoms with Gasteiger partial charge in [-0.15, -0.1) is 0 Å². The fourth-order valence-electron chi connectivity index (χ4n) is 8.70. The van der Waals surface area contributed by atoms with Gasteiger partial charge in [-0.05, 0) is 38.5 Å². The Bertz CT molecular complexity index is 867. The predicted molar refractivity (Wildman–Crippen MR) is 261 cm³/mol.